The Morgan fingerprint density at radius 3 is 2.03 bits per heavy atom. The maximum atomic E-state index is 13.2. The summed E-state index contributed by atoms with van der Waals surface area (Å²) < 4.78 is 5.17. The van der Waals surface area contributed by atoms with Crippen LogP contribution in [-0.2, 0) is 33.5 Å². The number of hydrogen-bond donors (Lipinski definition) is 5. The highest BCUT2D eigenvalue weighted by atomic mass is 16.5. The van der Waals surface area contributed by atoms with Crippen LogP contribution in [-0.4, -0.2) is 72.2 Å². The number of nitrogens with two attached hydrogens (primary N) is 2. The first-order chi connectivity index (χ1) is 17.8. The molecule has 3 amide bonds. The van der Waals surface area contributed by atoms with Crippen LogP contribution in [0.2, 0.25) is 0 Å². The van der Waals surface area contributed by atoms with Gasteiger partial charge in [0.25, 0.3) is 0 Å². The van der Waals surface area contributed by atoms with E-state index >= 15 is 0 Å². The largest absolute Gasteiger partial charge is 0.481 e. The first-order valence-corrected chi connectivity index (χ1v) is 13.2. The molecular formula is C26H46N4O8. The molecule has 0 bridgehead atoms. The third-order valence-electron chi connectivity index (χ3n) is 6.06. The molecule has 218 valence electrons. The maximum absolute atomic E-state index is 13.2. The zero-order chi connectivity index (χ0) is 29.3. The van der Waals surface area contributed by atoms with Gasteiger partial charge in [-0.15, -0.1) is 0 Å². The van der Waals surface area contributed by atoms with Gasteiger partial charge in [-0.2, -0.15) is 0 Å². The molecule has 0 heterocycles. The van der Waals surface area contributed by atoms with Crippen molar-refractivity contribution < 1.29 is 38.6 Å². The monoisotopic (exact) mass is 542 g/mol. The molecule has 0 aromatic rings. The van der Waals surface area contributed by atoms with Crippen molar-refractivity contribution in [3.05, 3.63) is 0 Å². The van der Waals surface area contributed by atoms with Crippen molar-refractivity contribution in [1.29, 1.82) is 0 Å². The number of aliphatic carboxylic acids is 1. The van der Waals surface area contributed by atoms with Gasteiger partial charge in [0.15, 0.2) is 11.6 Å². The van der Waals surface area contributed by atoms with E-state index in [2.05, 4.69) is 10.6 Å². The number of carbonyl (C=O) groups is 6. The SMILES string of the molecule is CC(C)C(=O)[C@H](CCCCC(N)=O)NC(=O)[C@@H](CC(=O)[C@H](CCC(=O)O)NC(=O)CCOCCN)C(C)C. The first-order valence-electron chi connectivity index (χ1n) is 13.2. The predicted molar refractivity (Wildman–Crippen MR) is 141 cm³/mol. The third-order valence-corrected chi connectivity index (χ3v) is 6.06. The number of carboxylic acid groups (broad SMARTS) is 1. The number of carboxylic acids is 1. The van der Waals surface area contributed by atoms with Crippen molar-refractivity contribution in [1.82, 2.24) is 10.6 Å². The zero-order valence-electron chi connectivity index (χ0n) is 23.1. The Labute approximate surface area is 225 Å². The molecule has 12 heteroatoms. The standard InChI is InChI=1S/C26H46N4O8/c1-16(2)18(26(37)30-20(25(36)17(3)4)7-5-6-8-22(28)32)15-21(31)19(9-10-24(34)35)29-23(33)11-13-38-14-12-27/h16-20H,5-15,27H2,1-4H3,(H2,28,32)(H,29,33)(H,30,37)(H,34,35)/t18-,19-,20-/m0/s1. The zero-order valence-corrected chi connectivity index (χ0v) is 23.1. The number of ether oxygens (including phenoxy) is 1. The van der Waals surface area contributed by atoms with E-state index in [-0.39, 0.29) is 62.9 Å². The highest BCUT2D eigenvalue weighted by Gasteiger charge is 2.32. The molecule has 3 atom stereocenters. The van der Waals surface area contributed by atoms with E-state index in [0.717, 1.165) is 0 Å². The summed E-state index contributed by atoms with van der Waals surface area (Å²) in [6.07, 6.45) is 0.791. The summed E-state index contributed by atoms with van der Waals surface area (Å²) in [6, 6.07) is -1.85. The van der Waals surface area contributed by atoms with Gasteiger partial charge in [0.05, 0.1) is 25.3 Å². The van der Waals surface area contributed by atoms with Gasteiger partial charge in [-0.3, -0.25) is 28.8 Å². The van der Waals surface area contributed by atoms with Crippen LogP contribution in [0.5, 0.6) is 0 Å². The van der Waals surface area contributed by atoms with Crippen LogP contribution in [0.1, 0.15) is 79.1 Å². The van der Waals surface area contributed by atoms with E-state index in [1.54, 1.807) is 27.7 Å². The molecule has 0 saturated heterocycles. The molecule has 0 fully saturated rings. The molecule has 0 rings (SSSR count). The molecule has 0 aliphatic heterocycles. The van der Waals surface area contributed by atoms with Gasteiger partial charge in [-0.05, 0) is 25.2 Å². The van der Waals surface area contributed by atoms with Gasteiger partial charge in [-0.1, -0.05) is 34.1 Å². The van der Waals surface area contributed by atoms with Crippen LogP contribution in [0, 0.1) is 17.8 Å². The number of primary amides is 1. The van der Waals surface area contributed by atoms with Crippen LogP contribution in [0.25, 0.3) is 0 Å². The number of nitrogens with one attached hydrogen (secondary N) is 2. The molecule has 0 aromatic heterocycles. The van der Waals surface area contributed by atoms with Gasteiger partial charge in [0, 0.05) is 44.1 Å². The Morgan fingerprint density at radius 1 is 0.842 bits per heavy atom. The summed E-state index contributed by atoms with van der Waals surface area (Å²) in [5.74, 6) is -4.54. The highest BCUT2D eigenvalue weighted by molar-refractivity contribution is 5.95. The van der Waals surface area contributed by atoms with Crippen LogP contribution in [0.4, 0.5) is 0 Å². The first kappa shape index (κ1) is 35.1. The predicted octanol–water partition coefficient (Wildman–Crippen LogP) is 0.688. The van der Waals surface area contributed by atoms with E-state index in [0.29, 0.717) is 25.8 Å². The second kappa shape index (κ2) is 19.2. The summed E-state index contributed by atoms with van der Waals surface area (Å²) in [5.41, 5.74) is 10.5. The van der Waals surface area contributed by atoms with Crippen LogP contribution in [0.15, 0.2) is 0 Å². The lowest BCUT2D eigenvalue weighted by atomic mass is 9.86. The molecule has 0 unspecified atom stereocenters. The van der Waals surface area contributed by atoms with Gasteiger partial charge in [-0.25, -0.2) is 0 Å². The second-order valence-corrected chi connectivity index (χ2v) is 10.1. The van der Waals surface area contributed by atoms with E-state index < -0.39 is 47.5 Å². The molecule has 0 aromatic carbocycles. The summed E-state index contributed by atoms with van der Waals surface area (Å²) in [7, 11) is 0. The lowest BCUT2D eigenvalue weighted by molar-refractivity contribution is -0.138. The Kier molecular flexibility index (Phi) is 17.8. The smallest absolute Gasteiger partial charge is 0.303 e. The van der Waals surface area contributed by atoms with Crippen LogP contribution >= 0.6 is 0 Å². The number of amides is 3. The topological polar surface area (TPSA) is 208 Å². The fraction of sp³-hybridized carbons (Fsp3) is 0.769. The Balaban J connectivity index is 5.43. The minimum absolute atomic E-state index is 0.0281. The Morgan fingerprint density at radius 2 is 1.50 bits per heavy atom. The lowest BCUT2D eigenvalue weighted by Gasteiger charge is -2.26. The van der Waals surface area contributed by atoms with Gasteiger partial charge >= 0.3 is 5.97 Å². The summed E-state index contributed by atoms with van der Waals surface area (Å²) in [4.78, 5) is 73.5. The average Bonchev–Trinajstić information content (AvgIpc) is 2.83. The number of rotatable bonds is 22. The van der Waals surface area contributed by atoms with Crippen molar-refractivity contribution in [3.63, 3.8) is 0 Å². The van der Waals surface area contributed by atoms with Crippen molar-refractivity contribution in [2.45, 2.75) is 91.1 Å². The fourth-order valence-electron chi connectivity index (χ4n) is 3.80. The quantitative estimate of drug-likeness (QED) is 0.122. The number of hydrogen-bond acceptors (Lipinski definition) is 8. The molecular weight excluding hydrogens is 496 g/mol. The molecule has 0 radical (unpaired) electrons. The average molecular weight is 543 g/mol. The van der Waals surface area contributed by atoms with Gasteiger partial charge < -0.3 is 31.9 Å². The van der Waals surface area contributed by atoms with Crippen molar-refractivity contribution in [2.75, 3.05) is 19.8 Å². The molecule has 0 aliphatic rings. The molecule has 0 aliphatic carbocycles. The third kappa shape index (κ3) is 15.4. The van der Waals surface area contributed by atoms with E-state index in [9.17, 15) is 28.8 Å². The normalized spacial score (nSPS) is 13.6. The fourth-order valence-corrected chi connectivity index (χ4v) is 3.80. The van der Waals surface area contributed by atoms with E-state index in [1.165, 1.54) is 0 Å². The number of Topliss-reactive ketones (excluding diaryl/α,β-unsaturated/α-hetero) is 2. The molecule has 0 spiro atoms. The second-order valence-electron chi connectivity index (χ2n) is 10.1. The Hall–Kier alpha value is -2.86. The lowest BCUT2D eigenvalue weighted by Crippen LogP contribution is -2.48. The summed E-state index contributed by atoms with van der Waals surface area (Å²) in [6.45, 7) is 7.68. The van der Waals surface area contributed by atoms with Crippen molar-refractivity contribution in [3.8, 4) is 0 Å². The number of unbranched alkanes of at least 4 members (excludes halogenated alkanes) is 1. The highest BCUT2D eigenvalue weighted by Crippen LogP contribution is 2.20. The maximum Gasteiger partial charge on any atom is 0.303 e. The molecule has 12 nitrogen and oxygen atoms in total. The summed E-state index contributed by atoms with van der Waals surface area (Å²) in [5, 5.41) is 14.4. The van der Waals surface area contributed by atoms with Crippen molar-refractivity contribution >= 4 is 35.3 Å². The number of ketones is 2. The Bertz CT molecular complexity index is 800. The van der Waals surface area contributed by atoms with Gasteiger partial charge in [0.2, 0.25) is 17.7 Å². The van der Waals surface area contributed by atoms with Crippen molar-refractivity contribution in [2.24, 2.45) is 29.2 Å². The molecule has 0 saturated carbocycles. The van der Waals surface area contributed by atoms with Crippen LogP contribution in [0.3, 0.4) is 0 Å². The molecule has 38 heavy (non-hydrogen) atoms. The van der Waals surface area contributed by atoms with E-state index in [4.69, 9.17) is 21.3 Å². The van der Waals surface area contributed by atoms with Gasteiger partial charge in [0.1, 0.15) is 0 Å². The van der Waals surface area contributed by atoms with Crippen LogP contribution < -0.4 is 22.1 Å². The minimum Gasteiger partial charge on any atom is -0.481 e. The molecule has 7 N–H and O–H groups in total. The number of carbonyl (C=O) groups excluding carboxylic acids is 5. The summed E-state index contributed by atoms with van der Waals surface area (Å²) >= 11 is 0. The van der Waals surface area contributed by atoms with E-state index in [1.807, 2.05) is 0 Å². The minimum atomic E-state index is -1.12.